The molecule has 0 bridgehead atoms. The molecule has 4 aromatic rings. The van der Waals surface area contributed by atoms with E-state index in [1.807, 2.05) is 36.4 Å². The molecule has 0 aliphatic carbocycles. The van der Waals surface area contributed by atoms with Gasteiger partial charge in [0.1, 0.15) is 20.2 Å². The maximum Gasteiger partial charge on any atom is 2.00 e. The zero-order valence-electron chi connectivity index (χ0n) is 32.9. The van der Waals surface area contributed by atoms with Crippen LogP contribution in [0.2, 0.25) is 0 Å². The van der Waals surface area contributed by atoms with Crippen LogP contribution < -0.4 is 0 Å². The van der Waals surface area contributed by atoms with Gasteiger partial charge in [-0.1, -0.05) is 165 Å². The van der Waals surface area contributed by atoms with Gasteiger partial charge in [0.2, 0.25) is 0 Å². The van der Waals surface area contributed by atoms with E-state index in [0.29, 0.717) is 34.7 Å². The number of rotatable bonds is 22. The van der Waals surface area contributed by atoms with Crippen LogP contribution in [0.4, 0.5) is 0 Å². The third-order valence-electron chi connectivity index (χ3n) is 10.1. The minimum atomic E-state index is -4.50. The summed E-state index contributed by atoms with van der Waals surface area (Å²) in [6.45, 7) is 8.66. The molecule has 0 aliphatic rings. The summed E-state index contributed by atoms with van der Waals surface area (Å²) in [5.41, 5.74) is 3.63. The van der Waals surface area contributed by atoms with Gasteiger partial charge in [0, 0.05) is 0 Å². The van der Waals surface area contributed by atoms with Crippen molar-refractivity contribution < 1.29 is 25.9 Å². The fraction of sp³-hybridized carbons (Fsp3) is 0.545. The van der Waals surface area contributed by atoms with Gasteiger partial charge in [0.05, 0.1) is 9.79 Å². The van der Waals surface area contributed by atoms with Crippen LogP contribution >= 0.6 is 0 Å². The fourth-order valence-corrected chi connectivity index (χ4v) is 9.15. The van der Waals surface area contributed by atoms with Gasteiger partial charge in [-0.15, -0.1) is 0 Å². The molecular formula is C44H62CaO6S2. The summed E-state index contributed by atoms with van der Waals surface area (Å²) < 4.78 is 72.1. The number of unbranched alkanes of at least 4 members (excludes halogenated alkanes) is 12. The Morgan fingerprint density at radius 1 is 0.377 bits per heavy atom. The van der Waals surface area contributed by atoms with Gasteiger partial charge in [-0.25, -0.2) is 16.8 Å². The van der Waals surface area contributed by atoms with Gasteiger partial charge >= 0.3 is 37.7 Å². The summed E-state index contributed by atoms with van der Waals surface area (Å²) in [5, 5.41) is 3.02. The van der Waals surface area contributed by atoms with Gasteiger partial charge < -0.3 is 9.11 Å². The quantitative estimate of drug-likeness (QED) is 0.0445. The molecule has 0 aliphatic heterocycles. The Morgan fingerprint density at radius 3 is 0.962 bits per heavy atom. The van der Waals surface area contributed by atoms with Crippen molar-refractivity contribution in [2.45, 2.75) is 166 Å². The van der Waals surface area contributed by atoms with Crippen LogP contribution in [0, 0.1) is 0 Å². The Balaban J connectivity index is 0.000000360. The Kier molecular flexibility index (Phi) is 22.4. The molecule has 0 unspecified atom stereocenters. The minimum absolute atomic E-state index is 0. The van der Waals surface area contributed by atoms with Crippen LogP contribution in [0.25, 0.3) is 21.5 Å². The van der Waals surface area contributed by atoms with Crippen LogP contribution in [-0.2, 0) is 45.9 Å². The molecule has 0 heterocycles. The first-order valence-electron chi connectivity index (χ1n) is 20.0. The molecule has 0 spiro atoms. The first kappa shape index (κ1) is 47.6. The van der Waals surface area contributed by atoms with E-state index in [1.54, 1.807) is 12.1 Å². The number of hydrogen-bond acceptors (Lipinski definition) is 6. The Bertz CT molecular complexity index is 1770. The van der Waals surface area contributed by atoms with Crippen LogP contribution in [-0.4, -0.2) is 63.7 Å². The fourth-order valence-electron chi connectivity index (χ4n) is 7.27. The summed E-state index contributed by atoms with van der Waals surface area (Å²) in [7, 11) is -9.00. The molecule has 0 fully saturated rings. The average molecular weight is 791 g/mol. The Morgan fingerprint density at radius 2 is 0.679 bits per heavy atom. The molecule has 0 atom stereocenters. The maximum absolute atomic E-state index is 12.0. The molecule has 4 rings (SSSR count). The predicted molar refractivity (Wildman–Crippen MR) is 221 cm³/mol. The van der Waals surface area contributed by atoms with E-state index in [-0.39, 0.29) is 47.5 Å². The predicted octanol–water partition coefficient (Wildman–Crippen LogP) is 11.6. The third-order valence-corrected chi connectivity index (χ3v) is 12.0. The second kappa shape index (κ2) is 24.9. The van der Waals surface area contributed by atoms with E-state index in [2.05, 4.69) is 39.8 Å². The van der Waals surface area contributed by atoms with Crippen LogP contribution in [0.1, 0.15) is 153 Å². The standard InChI is InChI=1S/2C22H32O3S.Ca/c2*1-3-5-7-9-12-18-14-11-15-21-20(18)17-16-19(13-10-8-6-4-2)22(21)26(23,24)25;/h2*11,14-17H,3-10,12-13H2,1-2H3,(H,23,24,25);/q;;+2/p-2. The molecule has 0 amide bonds. The normalized spacial score (nSPS) is 11.7. The summed E-state index contributed by atoms with van der Waals surface area (Å²) in [5.74, 6) is 0. The molecule has 6 nitrogen and oxygen atoms in total. The summed E-state index contributed by atoms with van der Waals surface area (Å²) in [4.78, 5) is 0.00353. The first-order valence-corrected chi connectivity index (χ1v) is 22.8. The smallest absolute Gasteiger partial charge is 0.744 e. The van der Waals surface area contributed by atoms with Crippen molar-refractivity contribution >= 4 is 79.5 Å². The zero-order chi connectivity index (χ0) is 38.0. The molecule has 0 radical (unpaired) electrons. The minimum Gasteiger partial charge on any atom is -0.744 e. The van der Waals surface area contributed by atoms with Crippen LogP contribution in [0.3, 0.4) is 0 Å². The number of hydrogen-bond donors (Lipinski definition) is 0. The molecule has 53 heavy (non-hydrogen) atoms. The second-order valence-electron chi connectivity index (χ2n) is 14.3. The van der Waals surface area contributed by atoms with Crippen molar-refractivity contribution in [1.82, 2.24) is 0 Å². The van der Waals surface area contributed by atoms with Gasteiger partial charge in [-0.05, 0) is 95.2 Å². The van der Waals surface area contributed by atoms with Crippen molar-refractivity contribution in [2.24, 2.45) is 0 Å². The van der Waals surface area contributed by atoms with Crippen molar-refractivity contribution in [2.75, 3.05) is 0 Å². The summed E-state index contributed by atoms with van der Waals surface area (Å²) >= 11 is 0. The van der Waals surface area contributed by atoms with Gasteiger partial charge in [0.15, 0.2) is 0 Å². The molecule has 9 heteroatoms. The second-order valence-corrected chi connectivity index (χ2v) is 16.9. The van der Waals surface area contributed by atoms with Crippen molar-refractivity contribution in [3.05, 3.63) is 82.9 Å². The van der Waals surface area contributed by atoms with E-state index < -0.39 is 20.2 Å². The zero-order valence-corrected chi connectivity index (χ0v) is 36.7. The summed E-state index contributed by atoms with van der Waals surface area (Å²) in [6.07, 6.45) is 21.0. The van der Waals surface area contributed by atoms with E-state index in [9.17, 15) is 25.9 Å². The molecular weight excluding hydrogens is 729 g/mol. The molecule has 0 N–H and O–H groups in total. The first-order chi connectivity index (χ1) is 25.0. The van der Waals surface area contributed by atoms with Gasteiger partial charge in [-0.2, -0.15) is 0 Å². The Labute approximate surface area is 351 Å². The summed E-state index contributed by atoms with van der Waals surface area (Å²) in [6, 6.07) is 19.2. The van der Waals surface area contributed by atoms with Gasteiger partial charge in [-0.3, -0.25) is 0 Å². The number of fused-ring (bicyclic) bond motifs is 2. The van der Waals surface area contributed by atoms with Crippen molar-refractivity contribution in [3.8, 4) is 0 Å². The van der Waals surface area contributed by atoms with Crippen molar-refractivity contribution in [1.29, 1.82) is 0 Å². The SMILES string of the molecule is CCCCCCc1ccc2c(CCCCCC)cccc2c1S(=O)(=O)[O-].CCCCCCc1ccc2c(CCCCCC)cccc2c1S(=O)(=O)[O-].[Ca+2]. The maximum atomic E-state index is 12.0. The molecule has 288 valence electrons. The van der Waals surface area contributed by atoms with Crippen LogP contribution in [0.15, 0.2) is 70.5 Å². The van der Waals surface area contributed by atoms with E-state index >= 15 is 0 Å². The van der Waals surface area contributed by atoms with Gasteiger partial charge in [0.25, 0.3) is 0 Å². The van der Waals surface area contributed by atoms with E-state index in [1.165, 1.54) is 38.5 Å². The number of benzene rings is 4. The number of aryl methyl sites for hydroxylation is 4. The largest absolute Gasteiger partial charge is 2.00 e. The molecule has 0 aromatic heterocycles. The Hall–Kier alpha value is -1.52. The topological polar surface area (TPSA) is 114 Å². The average Bonchev–Trinajstić information content (AvgIpc) is 3.11. The molecule has 4 aromatic carbocycles. The van der Waals surface area contributed by atoms with E-state index in [4.69, 9.17) is 0 Å². The third kappa shape index (κ3) is 15.2. The monoisotopic (exact) mass is 790 g/mol. The molecule has 0 saturated heterocycles. The van der Waals surface area contributed by atoms with Crippen molar-refractivity contribution in [3.63, 3.8) is 0 Å². The molecule has 0 saturated carbocycles. The van der Waals surface area contributed by atoms with E-state index in [0.717, 1.165) is 98.9 Å². The van der Waals surface area contributed by atoms with Crippen LogP contribution in [0.5, 0.6) is 0 Å².